The average Bonchev–Trinajstić information content (AvgIpc) is 2.99. The fraction of sp³-hybridized carbons (Fsp3) is 0.857. The lowest BCUT2D eigenvalue weighted by Crippen LogP contribution is -2.49. The van der Waals surface area contributed by atoms with Crippen molar-refractivity contribution in [2.24, 2.45) is 5.92 Å². The normalized spacial score (nSPS) is 18.4. The fourth-order valence-corrected chi connectivity index (χ4v) is 2.19. The van der Waals surface area contributed by atoms with Gasteiger partial charge >= 0.3 is 0 Å². The van der Waals surface area contributed by atoms with E-state index < -0.39 is 0 Å². The van der Waals surface area contributed by atoms with Crippen LogP contribution >= 0.6 is 0 Å². The summed E-state index contributed by atoms with van der Waals surface area (Å²) in [5.41, 5.74) is 0. The number of hydrogen-bond donors (Lipinski definition) is 1. The highest BCUT2D eigenvalue weighted by molar-refractivity contribution is 4.88. The van der Waals surface area contributed by atoms with E-state index in [1.165, 1.54) is 12.8 Å². The highest BCUT2D eigenvalue weighted by Gasteiger charge is 2.26. The third kappa shape index (κ3) is 4.26. The van der Waals surface area contributed by atoms with Gasteiger partial charge in [-0.25, -0.2) is 0 Å². The van der Waals surface area contributed by atoms with Crippen LogP contribution in [0.15, 0.2) is 12.7 Å². The Balaban J connectivity index is 2.51. The van der Waals surface area contributed by atoms with Crippen LogP contribution in [0.5, 0.6) is 0 Å². The average molecular weight is 224 g/mol. The molecule has 0 aromatic rings. The van der Waals surface area contributed by atoms with Crippen LogP contribution < -0.4 is 5.32 Å². The standard InChI is InChI=1S/C14H28N2/c1-6-9-16(12(4)5)14(11(2)3)10-15-13-7-8-13/h6,11-15H,1,7-10H2,2-5H3. The minimum atomic E-state index is 0.589. The number of rotatable bonds is 8. The first kappa shape index (κ1) is 13.7. The van der Waals surface area contributed by atoms with Gasteiger partial charge in [0.25, 0.3) is 0 Å². The molecule has 2 heteroatoms. The predicted molar refractivity (Wildman–Crippen MR) is 71.7 cm³/mol. The molecule has 1 atom stereocenters. The lowest BCUT2D eigenvalue weighted by molar-refractivity contribution is 0.131. The molecule has 1 fully saturated rings. The van der Waals surface area contributed by atoms with Gasteiger partial charge < -0.3 is 5.32 Å². The highest BCUT2D eigenvalue weighted by atomic mass is 15.2. The van der Waals surface area contributed by atoms with E-state index in [0.717, 1.165) is 19.1 Å². The van der Waals surface area contributed by atoms with Gasteiger partial charge in [0.2, 0.25) is 0 Å². The molecule has 0 aliphatic heterocycles. The SMILES string of the molecule is C=CCN(C(C)C)C(CNC1CC1)C(C)C. The van der Waals surface area contributed by atoms with Crippen LogP contribution in [0.1, 0.15) is 40.5 Å². The van der Waals surface area contributed by atoms with Crippen LogP contribution in [0, 0.1) is 5.92 Å². The molecule has 1 unspecified atom stereocenters. The third-order valence-electron chi connectivity index (χ3n) is 3.39. The van der Waals surface area contributed by atoms with Gasteiger partial charge in [0, 0.05) is 31.2 Å². The molecule has 0 saturated heterocycles. The molecule has 94 valence electrons. The van der Waals surface area contributed by atoms with Crippen LogP contribution in [0.25, 0.3) is 0 Å². The van der Waals surface area contributed by atoms with Crippen molar-refractivity contribution in [3.05, 3.63) is 12.7 Å². The summed E-state index contributed by atoms with van der Waals surface area (Å²) in [6.45, 7) is 15.2. The summed E-state index contributed by atoms with van der Waals surface area (Å²) in [7, 11) is 0. The first-order valence-corrected chi connectivity index (χ1v) is 6.66. The molecule has 0 aromatic heterocycles. The van der Waals surface area contributed by atoms with E-state index in [4.69, 9.17) is 0 Å². The second-order valence-electron chi connectivity index (χ2n) is 5.57. The minimum Gasteiger partial charge on any atom is -0.312 e. The zero-order valence-corrected chi connectivity index (χ0v) is 11.4. The van der Waals surface area contributed by atoms with E-state index in [1.807, 2.05) is 6.08 Å². The minimum absolute atomic E-state index is 0.589. The first-order valence-electron chi connectivity index (χ1n) is 6.66. The van der Waals surface area contributed by atoms with Gasteiger partial charge in [-0.1, -0.05) is 19.9 Å². The topological polar surface area (TPSA) is 15.3 Å². The lowest BCUT2D eigenvalue weighted by atomic mass is 10.0. The molecule has 0 amide bonds. The molecule has 0 spiro atoms. The zero-order chi connectivity index (χ0) is 12.1. The van der Waals surface area contributed by atoms with Gasteiger partial charge in [0.1, 0.15) is 0 Å². The Labute approximate surface area is 101 Å². The summed E-state index contributed by atoms with van der Waals surface area (Å²) in [6, 6.07) is 2.02. The maximum atomic E-state index is 3.87. The van der Waals surface area contributed by atoms with Gasteiger partial charge in [-0.15, -0.1) is 6.58 Å². The maximum absolute atomic E-state index is 3.87. The molecule has 0 aromatic carbocycles. The van der Waals surface area contributed by atoms with Crippen molar-refractivity contribution in [1.29, 1.82) is 0 Å². The number of nitrogens with zero attached hydrogens (tertiary/aromatic N) is 1. The van der Waals surface area contributed by atoms with Crippen molar-refractivity contribution >= 4 is 0 Å². The lowest BCUT2D eigenvalue weighted by Gasteiger charge is -2.37. The summed E-state index contributed by atoms with van der Waals surface area (Å²) in [4.78, 5) is 2.55. The van der Waals surface area contributed by atoms with E-state index >= 15 is 0 Å². The smallest absolute Gasteiger partial charge is 0.0249 e. The molecular formula is C14H28N2. The summed E-state index contributed by atoms with van der Waals surface area (Å²) in [6.07, 6.45) is 4.76. The molecule has 1 aliphatic carbocycles. The molecule has 1 rings (SSSR count). The third-order valence-corrected chi connectivity index (χ3v) is 3.39. The van der Waals surface area contributed by atoms with Crippen LogP contribution in [0.3, 0.4) is 0 Å². The van der Waals surface area contributed by atoms with Crippen molar-refractivity contribution < 1.29 is 0 Å². The largest absolute Gasteiger partial charge is 0.312 e. The Bertz CT molecular complexity index is 207. The van der Waals surface area contributed by atoms with Gasteiger partial charge in [-0.05, 0) is 32.6 Å². The van der Waals surface area contributed by atoms with Gasteiger partial charge in [-0.3, -0.25) is 4.90 Å². The van der Waals surface area contributed by atoms with Crippen molar-refractivity contribution in [3.63, 3.8) is 0 Å². The van der Waals surface area contributed by atoms with Crippen LogP contribution in [-0.2, 0) is 0 Å². The molecule has 1 N–H and O–H groups in total. The Morgan fingerprint density at radius 1 is 1.31 bits per heavy atom. The van der Waals surface area contributed by atoms with E-state index in [2.05, 4.69) is 44.5 Å². The van der Waals surface area contributed by atoms with E-state index in [-0.39, 0.29) is 0 Å². The van der Waals surface area contributed by atoms with Crippen LogP contribution in [0.4, 0.5) is 0 Å². The van der Waals surface area contributed by atoms with Crippen molar-refractivity contribution in [2.75, 3.05) is 13.1 Å². The molecule has 0 bridgehead atoms. The second-order valence-corrected chi connectivity index (χ2v) is 5.57. The summed E-state index contributed by atoms with van der Waals surface area (Å²) >= 11 is 0. The monoisotopic (exact) mass is 224 g/mol. The molecular weight excluding hydrogens is 196 g/mol. The van der Waals surface area contributed by atoms with Gasteiger partial charge in [0.15, 0.2) is 0 Å². The molecule has 1 aliphatic rings. The molecule has 16 heavy (non-hydrogen) atoms. The number of nitrogens with one attached hydrogen (secondary N) is 1. The Kier molecular flexibility index (Phi) is 5.50. The molecule has 1 saturated carbocycles. The van der Waals surface area contributed by atoms with Crippen LogP contribution in [0.2, 0.25) is 0 Å². The quantitative estimate of drug-likeness (QED) is 0.638. The molecule has 0 heterocycles. The van der Waals surface area contributed by atoms with Crippen molar-refractivity contribution in [1.82, 2.24) is 10.2 Å². The van der Waals surface area contributed by atoms with E-state index in [9.17, 15) is 0 Å². The van der Waals surface area contributed by atoms with Crippen LogP contribution in [-0.4, -0.2) is 36.1 Å². The van der Waals surface area contributed by atoms with E-state index in [0.29, 0.717) is 18.0 Å². The van der Waals surface area contributed by atoms with Gasteiger partial charge in [-0.2, -0.15) is 0 Å². The van der Waals surface area contributed by atoms with Gasteiger partial charge in [0.05, 0.1) is 0 Å². The second kappa shape index (κ2) is 6.41. The maximum Gasteiger partial charge on any atom is 0.0249 e. The molecule has 0 radical (unpaired) electrons. The highest BCUT2D eigenvalue weighted by Crippen LogP contribution is 2.20. The molecule has 2 nitrogen and oxygen atoms in total. The van der Waals surface area contributed by atoms with E-state index in [1.54, 1.807) is 0 Å². The summed E-state index contributed by atoms with van der Waals surface area (Å²) in [5.74, 6) is 0.689. The Hall–Kier alpha value is -0.340. The van der Waals surface area contributed by atoms with Crippen molar-refractivity contribution in [2.45, 2.75) is 58.7 Å². The predicted octanol–water partition coefficient (Wildman–Crippen LogP) is 2.66. The fourth-order valence-electron chi connectivity index (χ4n) is 2.19. The Morgan fingerprint density at radius 3 is 2.31 bits per heavy atom. The summed E-state index contributed by atoms with van der Waals surface area (Å²) in [5, 5.41) is 3.66. The summed E-state index contributed by atoms with van der Waals surface area (Å²) < 4.78 is 0. The first-order chi connectivity index (χ1) is 7.56. The zero-order valence-electron chi connectivity index (χ0n) is 11.4. The Morgan fingerprint density at radius 2 is 1.94 bits per heavy atom. The van der Waals surface area contributed by atoms with Crippen molar-refractivity contribution in [3.8, 4) is 0 Å². The number of hydrogen-bond acceptors (Lipinski definition) is 2.